The van der Waals surface area contributed by atoms with Gasteiger partial charge in [0.25, 0.3) is 0 Å². The van der Waals surface area contributed by atoms with Gasteiger partial charge in [0.05, 0.1) is 12.6 Å². The van der Waals surface area contributed by atoms with Crippen molar-refractivity contribution in [2.75, 3.05) is 6.54 Å². The van der Waals surface area contributed by atoms with Crippen LogP contribution in [0.5, 0.6) is 0 Å². The van der Waals surface area contributed by atoms with E-state index in [-0.39, 0.29) is 11.9 Å². The van der Waals surface area contributed by atoms with Gasteiger partial charge in [0.2, 0.25) is 0 Å². The van der Waals surface area contributed by atoms with Crippen molar-refractivity contribution in [1.29, 1.82) is 0 Å². The third-order valence-electron chi connectivity index (χ3n) is 3.50. The average Bonchev–Trinajstić information content (AvgIpc) is 2.91. The molecule has 2 aromatic rings. The minimum Gasteiger partial charge on any atom is -0.460 e. The van der Waals surface area contributed by atoms with E-state index in [1.165, 1.54) is 6.07 Å². The van der Waals surface area contributed by atoms with Gasteiger partial charge in [-0.2, -0.15) is 0 Å². The average molecular weight is 291 g/mol. The van der Waals surface area contributed by atoms with Crippen molar-refractivity contribution >= 4 is 0 Å². The first kappa shape index (κ1) is 15.7. The fraction of sp³-hybridized carbons (Fsp3) is 0.412. The molecule has 1 aromatic heterocycles. The molecule has 1 aromatic carbocycles. The van der Waals surface area contributed by atoms with E-state index >= 15 is 0 Å². The molecule has 3 nitrogen and oxygen atoms in total. The topological polar surface area (TPSA) is 45.4 Å². The number of hydrogen-bond acceptors (Lipinski definition) is 3. The molecule has 0 radical (unpaired) electrons. The van der Waals surface area contributed by atoms with E-state index < -0.39 is 0 Å². The zero-order valence-electron chi connectivity index (χ0n) is 12.5. The van der Waals surface area contributed by atoms with Gasteiger partial charge >= 0.3 is 0 Å². The van der Waals surface area contributed by atoms with Crippen LogP contribution in [0.15, 0.2) is 34.7 Å². The van der Waals surface area contributed by atoms with E-state index in [0.29, 0.717) is 24.4 Å². The summed E-state index contributed by atoms with van der Waals surface area (Å²) in [7, 11) is 0. The number of halogens is 1. The highest BCUT2D eigenvalue weighted by Crippen LogP contribution is 2.26. The highest BCUT2D eigenvalue weighted by atomic mass is 19.1. The van der Waals surface area contributed by atoms with E-state index in [1.807, 2.05) is 25.1 Å². The van der Waals surface area contributed by atoms with Crippen molar-refractivity contribution in [2.45, 2.75) is 39.3 Å². The molecule has 0 bridgehead atoms. The number of nitrogens with one attached hydrogen (secondary N) is 1. The molecule has 1 heterocycles. The maximum Gasteiger partial charge on any atom is 0.134 e. The summed E-state index contributed by atoms with van der Waals surface area (Å²) in [5.41, 5.74) is 1.36. The number of benzene rings is 1. The lowest BCUT2D eigenvalue weighted by atomic mass is 10.1. The van der Waals surface area contributed by atoms with Crippen LogP contribution in [0.3, 0.4) is 0 Å². The van der Waals surface area contributed by atoms with Crippen LogP contribution in [-0.4, -0.2) is 17.8 Å². The molecule has 0 saturated carbocycles. The molecule has 0 aliphatic heterocycles. The summed E-state index contributed by atoms with van der Waals surface area (Å²) >= 11 is 0. The van der Waals surface area contributed by atoms with E-state index in [2.05, 4.69) is 5.32 Å². The first-order chi connectivity index (χ1) is 10.1. The van der Waals surface area contributed by atoms with Crippen LogP contribution in [0.2, 0.25) is 0 Å². The van der Waals surface area contributed by atoms with Crippen LogP contribution in [0.1, 0.15) is 31.1 Å². The smallest absolute Gasteiger partial charge is 0.134 e. The SMILES string of the molecule is CCCC(O)CNCc1ccc(-c2cccc(F)c2C)o1. The number of hydrogen-bond donors (Lipinski definition) is 2. The Morgan fingerprint density at radius 1 is 1.29 bits per heavy atom. The molecule has 0 fully saturated rings. The standard InChI is InChI=1S/C17H22FNO2/c1-3-5-13(20)10-19-11-14-8-9-17(21-14)15-6-4-7-16(18)12(15)2/h4,6-9,13,19-20H,3,5,10-11H2,1-2H3. The van der Waals surface area contributed by atoms with Gasteiger partial charge in [0.1, 0.15) is 17.3 Å². The number of aliphatic hydroxyl groups excluding tert-OH is 1. The van der Waals surface area contributed by atoms with E-state index in [1.54, 1.807) is 13.0 Å². The molecule has 21 heavy (non-hydrogen) atoms. The lowest BCUT2D eigenvalue weighted by Crippen LogP contribution is -2.25. The minimum atomic E-state index is -0.324. The Morgan fingerprint density at radius 2 is 2.10 bits per heavy atom. The number of aliphatic hydroxyl groups is 1. The molecule has 0 aliphatic carbocycles. The third-order valence-corrected chi connectivity index (χ3v) is 3.50. The Labute approximate surface area is 124 Å². The Balaban J connectivity index is 1.97. The lowest BCUT2D eigenvalue weighted by Gasteiger charge is -2.09. The maximum atomic E-state index is 13.6. The maximum absolute atomic E-state index is 13.6. The molecular formula is C17H22FNO2. The lowest BCUT2D eigenvalue weighted by molar-refractivity contribution is 0.159. The predicted molar refractivity (Wildman–Crippen MR) is 81.5 cm³/mol. The molecular weight excluding hydrogens is 269 g/mol. The summed E-state index contributed by atoms with van der Waals surface area (Å²) in [5.74, 6) is 1.21. The Bertz CT molecular complexity index is 580. The molecule has 1 unspecified atom stereocenters. The second-order valence-electron chi connectivity index (χ2n) is 5.25. The molecule has 0 spiro atoms. The zero-order chi connectivity index (χ0) is 15.2. The van der Waals surface area contributed by atoms with Gasteiger partial charge < -0.3 is 14.8 Å². The minimum absolute atomic E-state index is 0.230. The molecule has 114 valence electrons. The molecule has 0 amide bonds. The zero-order valence-corrected chi connectivity index (χ0v) is 12.5. The van der Waals surface area contributed by atoms with Gasteiger partial charge in [0.15, 0.2) is 0 Å². The number of rotatable bonds is 7. The van der Waals surface area contributed by atoms with Gasteiger partial charge in [-0.1, -0.05) is 25.5 Å². The van der Waals surface area contributed by atoms with Gasteiger partial charge in [-0.25, -0.2) is 4.39 Å². The summed E-state index contributed by atoms with van der Waals surface area (Å²) in [5, 5.41) is 12.8. The van der Waals surface area contributed by atoms with Crippen LogP contribution in [0.4, 0.5) is 4.39 Å². The fourth-order valence-corrected chi connectivity index (χ4v) is 2.29. The van der Waals surface area contributed by atoms with Crippen molar-refractivity contribution in [2.24, 2.45) is 0 Å². The van der Waals surface area contributed by atoms with Gasteiger partial charge in [0, 0.05) is 12.1 Å². The van der Waals surface area contributed by atoms with Gasteiger partial charge in [-0.15, -0.1) is 0 Å². The monoisotopic (exact) mass is 291 g/mol. The Kier molecular flexibility index (Phi) is 5.53. The summed E-state index contributed by atoms with van der Waals surface area (Å²) in [6.07, 6.45) is 1.43. The third kappa shape index (κ3) is 4.16. The molecule has 1 atom stereocenters. The summed E-state index contributed by atoms with van der Waals surface area (Å²) < 4.78 is 19.3. The normalized spacial score (nSPS) is 12.6. The molecule has 0 aliphatic rings. The Hall–Kier alpha value is -1.65. The van der Waals surface area contributed by atoms with Crippen LogP contribution in [0, 0.1) is 12.7 Å². The second kappa shape index (κ2) is 7.38. The molecule has 0 saturated heterocycles. The van der Waals surface area contributed by atoms with Crippen LogP contribution < -0.4 is 5.32 Å². The van der Waals surface area contributed by atoms with E-state index in [9.17, 15) is 9.50 Å². The van der Waals surface area contributed by atoms with Crippen molar-refractivity contribution in [1.82, 2.24) is 5.32 Å². The highest BCUT2D eigenvalue weighted by molar-refractivity contribution is 5.62. The van der Waals surface area contributed by atoms with Crippen LogP contribution in [0.25, 0.3) is 11.3 Å². The highest BCUT2D eigenvalue weighted by Gasteiger charge is 2.10. The summed E-state index contributed by atoms with van der Waals surface area (Å²) in [6.45, 7) is 4.88. The predicted octanol–water partition coefficient (Wildman–Crippen LogP) is 3.64. The van der Waals surface area contributed by atoms with Crippen LogP contribution >= 0.6 is 0 Å². The largest absolute Gasteiger partial charge is 0.460 e. The van der Waals surface area contributed by atoms with Crippen molar-refractivity contribution in [3.8, 4) is 11.3 Å². The summed E-state index contributed by atoms with van der Waals surface area (Å²) in [4.78, 5) is 0. The number of furan rings is 1. The quantitative estimate of drug-likeness (QED) is 0.818. The molecule has 2 N–H and O–H groups in total. The van der Waals surface area contributed by atoms with Crippen LogP contribution in [-0.2, 0) is 6.54 Å². The second-order valence-corrected chi connectivity index (χ2v) is 5.25. The van der Waals surface area contributed by atoms with Crippen molar-refractivity contribution < 1.29 is 13.9 Å². The fourth-order valence-electron chi connectivity index (χ4n) is 2.29. The first-order valence-electron chi connectivity index (χ1n) is 7.34. The first-order valence-corrected chi connectivity index (χ1v) is 7.34. The van der Waals surface area contributed by atoms with Gasteiger partial charge in [-0.05, 0) is 37.1 Å². The van der Waals surface area contributed by atoms with E-state index in [0.717, 1.165) is 24.2 Å². The van der Waals surface area contributed by atoms with Crippen molar-refractivity contribution in [3.05, 3.63) is 47.5 Å². The van der Waals surface area contributed by atoms with E-state index in [4.69, 9.17) is 4.42 Å². The molecule has 4 heteroatoms. The summed E-state index contributed by atoms with van der Waals surface area (Å²) in [6, 6.07) is 8.69. The van der Waals surface area contributed by atoms with Gasteiger partial charge in [-0.3, -0.25) is 0 Å². The molecule has 2 rings (SSSR count). The Morgan fingerprint density at radius 3 is 2.86 bits per heavy atom. The van der Waals surface area contributed by atoms with Crippen molar-refractivity contribution in [3.63, 3.8) is 0 Å².